The monoisotopic (exact) mass is 363 g/mol. The van der Waals surface area contributed by atoms with Gasteiger partial charge < -0.3 is 19.7 Å². The van der Waals surface area contributed by atoms with Gasteiger partial charge in [-0.25, -0.2) is 9.67 Å². The number of β-amino-alcohol motifs (C(OH)–C–C–N with tert-alkyl or cyclic N) is 1. The van der Waals surface area contributed by atoms with Crippen LogP contribution < -0.4 is 4.74 Å². The standard InChI is InChI=1S/C17H25N5O4/c1-25-17-16-15(18-10-19-17)12(7-21-6-11(9-23)13(24)8-21)22(20-16)14-4-2-3-5-26-14/h10-11,13-14,23-24H,2-9H2,1H3. The van der Waals surface area contributed by atoms with Gasteiger partial charge in [-0.15, -0.1) is 0 Å². The van der Waals surface area contributed by atoms with Crippen molar-refractivity contribution in [2.24, 2.45) is 5.92 Å². The fourth-order valence-electron chi connectivity index (χ4n) is 3.85. The lowest BCUT2D eigenvalue weighted by atomic mass is 10.1. The van der Waals surface area contributed by atoms with Crippen LogP contribution in [0.15, 0.2) is 6.33 Å². The number of aliphatic hydroxyl groups is 2. The van der Waals surface area contributed by atoms with Crippen LogP contribution in [-0.4, -0.2) is 74.4 Å². The van der Waals surface area contributed by atoms with Gasteiger partial charge in [0.15, 0.2) is 11.7 Å². The average molecular weight is 363 g/mol. The lowest BCUT2D eigenvalue weighted by Crippen LogP contribution is -2.26. The molecular weight excluding hydrogens is 338 g/mol. The minimum absolute atomic E-state index is 0.0145. The molecule has 0 bridgehead atoms. The zero-order chi connectivity index (χ0) is 18.1. The van der Waals surface area contributed by atoms with Crippen molar-refractivity contribution in [2.45, 2.75) is 38.1 Å². The molecule has 0 saturated carbocycles. The fraction of sp³-hybridized carbons (Fsp3) is 0.706. The Bertz CT molecular complexity index is 761. The van der Waals surface area contributed by atoms with Crippen LogP contribution in [0.5, 0.6) is 5.88 Å². The van der Waals surface area contributed by atoms with Crippen molar-refractivity contribution in [3.8, 4) is 5.88 Å². The number of methoxy groups -OCH3 is 1. The summed E-state index contributed by atoms with van der Waals surface area (Å²) >= 11 is 0. The van der Waals surface area contributed by atoms with Crippen LogP contribution in [0.4, 0.5) is 0 Å². The molecule has 2 saturated heterocycles. The van der Waals surface area contributed by atoms with E-state index in [0.29, 0.717) is 31.0 Å². The molecule has 0 amide bonds. The molecule has 2 N–H and O–H groups in total. The maximum Gasteiger partial charge on any atom is 0.245 e. The Hall–Kier alpha value is -1.81. The summed E-state index contributed by atoms with van der Waals surface area (Å²) in [6, 6.07) is 0. The zero-order valence-corrected chi connectivity index (χ0v) is 14.9. The van der Waals surface area contributed by atoms with E-state index in [2.05, 4.69) is 14.9 Å². The zero-order valence-electron chi connectivity index (χ0n) is 14.9. The van der Waals surface area contributed by atoms with Crippen LogP contribution in [0.2, 0.25) is 0 Å². The lowest BCUT2D eigenvalue weighted by molar-refractivity contribution is -0.0415. The van der Waals surface area contributed by atoms with Crippen molar-refractivity contribution in [3.05, 3.63) is 12.0 Å². The molecule has 0 aromatic carbocycles. The number of fused-ring (bicyclic) bond motifs is 1. The lowest BCUT2D eigenvalue weighted by Gasteiger charge is -2.25. The van der Waals surface area contributed by atoms with E-state index in [1.807, 2.05) is 4.68 Å². The molecule has 2 aliphatic rings. The highest BCUT2D eigenvalue weighted by molar-refractivity contribution is 5.81. The number of rotatable bonds is 5. The van der Waals surface area contributed by atoms with Crippen LogP contribution in [-0.2, 0) is 11.3 Å². The molecule has 2 aliphatic heterocycles. The second-order valence-corrected chi connectivity index (χ2v) is 7.00. The first-order valence-corrected chi connectivity index (χ1v) is 9.10. The molecule has 9 nitrogen and oxygen atoms in total. The average Bonchev–Trinajstić information content (AvgIpc) is 3.22. The topological polar surface area (TPSA) is 106 Å². The van der Waals surface area contributed by atoms with Gasteiger partial charge in [-0.2, -0.15) is 10.1 Å². The Labute approximate surface area is 151 Å². The second-order valence-electron chi connectivity index (χ2n) is 7.00. The predicted octanol–water partition coefficient (Wildman–Crippen LogP) is 0.319. The van der Waals surface area contributed by atoms with Crippen LogP contribution in [0.1, 0.15) is 31.2 Å². The van der Waals surface area contributed by atoms with E-state index in [1.54, 1.807) is 7.11 Å². The van der Waals surface area contributed by atoms with E-state index in [-0.39, 0.29) is 18.8 Å². The fourth-order valence-corrected chi connectivity index (χ4v) is 3.85. The van der Waals surface area contributed by atoms with Gasteiger partial charge in [0, 0.05) is 38.8 Å². The summed E-state index contributed by atoms with van der Waals surface area (Å²) in [5.41, 5.74) is 2.30. The normalized spacial score (nSPS) is 27.3. The van der Waals surface area contributed by atoms with Crippen LogP contribution >= 0.6 is 0 Å². The number of hydrogen-bond donors (Lipinski definition) is 2. The molecule has 9 heteroatoms. The summed E-state index contributed by atoms with van der Waals surface area (Å²) in [4.78, 5) is 10.7. The highest BCUT2D eigenvalue weighted by Crippen LogP contribution is 2.31. The molecule has 26 heavy (non-hydrogen) atoms. The van der Waals surface area contributed by atoms with Crippen molar-refractivity contribution in [1.29, 1.82) is 0 Å². The Kier molecular flexibility index (Phi) is 5.03. The van der Waals surface area contributed by atoms with E-state index < -0.39 is 6.10 Å². The molecule has 0 radical (unpaired) electrons. The number of hydrogen-bond acceptors (Lipinski definition) is 8. The Morgan fingerprint density at radius 3 is 2.85 bits per heavy atom. The van der Waals surface area contributed by atoms with E-state index in [4.69, 9.17) is 14.6 Å². The molecule has 142 valence electrons. The van der Waals surface area contributed by atoms with E-state index >= 15 is 0 Å². The van der Waals surface area contributed by atoms with Crippen LogP contribution in [0.3, 0.4) is 0 Å². The maximum absolute atomic E-state index is 10.1. The molecule has 3 unspecified atom stereocenters. The Balaban J connectivity index is 1.71. The Morgan fingerprint density at radius 1 is 1.27 bits per heavy atom. The van der Waals surface area contributed by atoms with Crippen molar-refractivity contribution in [3.63, 3.8) is 0 Å². The molecule has 0 spiro atoms. The van der Waals surface area contributed by atoms with Gasteiger partial charge >= 0.3 is 0 Å². The van der Waals surface area contributed by atoms with Crippen molar-refractivity contribution in [1.82, 2.24) is 24.6 Å². The number of likely N-dealkylation sites (tertiary alicyclic amines) is 1. The van der Waals surface area contributed by atoms with Gasteiger partial charge in [0.2, 0.25) is 5.88 Å². The van der Waals surface area contributed by atoms with Gasteiger partial charge in [0.1, 0.15) is 11.8 Å². The maximum atomic E-state index is 10.1. The predicted molar refractivity (Wildman–Crippen MR) is 92.6 cm³/mol. The third-order valence-electron chi connectivity index (χ3n) is 5.26. The van der Waals surface area contributed by atoms with Crippen molar-refractivity contribution >= 4 is 11.0 Å². The highest BCUT2D eigenvalue weighted by atomic mass is 16.5. The summed E-state index contributed by atoms with van der Waals surface area (Å²) in [7, 11) is 1.57. The summed E-state index contributed by atoms with van der Waals surface area (Å²) in [5.74, 6) is 0.327. The van der Waals surface area contributed by atoms with Crippen LogP contribution in [0.25, 0.3) is 11.0 Å². The molecule has 2 aromatic rings. The summed E-state index contributed by atoms with van der Waals surface area (Å²) < 4.78 is 13.2. The smallest absolute Gasteiger partial charge is 0.245 e. The SMILES string of the molecule is COc1ncnc2c(CN3CC(O)C(CO)C3)n(C3CCCCO3)nc12. The first-order valence-electron chi connectivity index (χ1n) is 9.10. The second kappa shape index (κ2) is 7.43. The van der Waals surface area contributed by atoms with Crippen molar-refractivity contribution in [2.75, 3.05) is 33.4 Å². The van der Waals surface area contributed by atoms with Gasteiger partial charge in [-0.05, 0) is 19.3 Å². The molecular formula is C17H25N5O4. The van der Waals surface area contributed by atoms with E-state index in [1.165, 1.54) is 6.33 Å². The molecule has 2 aromatic heterocycles. The van der Waals surface area contributed by atoms with Crippen LogP contribution in [0, 0.1) is 5.92 Å². The minimum Gasteiger partial charge on any atom is -0.479 e. The molecule has 0 aliphatic carbocycles. The summed E-state index contributed by atoms with van der Waals surface area (Å²) in [6.45, 7) is 2.44. The highest BCUT2D eigenvalue weighted by Gasteiger charge is 2.33. The largest absolute Gasteiger partial charge is 0.479 e. The van der Waals surface area contributed by atoms with Gasteiger partial charge in [0.05, 0.1) is 18.9 Å². The van der Waals surface area contributed by atoms with E-state index in [0.717, 1.165) is 37.1 Å². The summed E-state index contributed by atoms with van der Waals surface area (Å²) in [6.07, 6.45) is 3.90. The first-order chi connectivity index (χ1) is 12.7. The molecule has 3 atom stereocenters. The Morgan fingerprint density at radius 2 is 2.15 bits per heavy atom. The van der Waals surface area contributed by atoms with Gasteiger partial charge in [-0.3, -0.25) is 4.90 Å². The third kappa shape index (κ3) is 3.16. The molecule has 4 rings (SSSR count). The third-order valence-corrected chi connectivity index (χ3v) is 5.26. The number of ether oxygens (including phenoxy) is 2. The van der Waals surface area contributed by atoms with E-state index in [9.17, 15) is 10.2 Å². The first kappa shape index (κ1) is 17.6. The van der Waals surface area contributed by atoms with Crippen molar-refractivity contribution < 1.29 is 19.7 Å². The molecule has 2 fully saturated rings. The molecule has 4 heterocycles. The van der Waals surface area contributed by atoms with Gasteiger partial charge in [-0.1, -0.05) is 0 Å². The number of nitrogens with zero attached hydrogens (tertiary/aromatic N) is 5. The quantitative estimate of drug-likeness (QED) is 0.782. The number of aliphatic hydroxyl groups excluding tert-OH is 2. The minimum atomic E-state index is -0.516. The number of aromatic nitrogens is 4. The van der Waals surface area contributed by atoms with Gasteiger partial charge in [0.25, 0.3) is 0 Å². The summed E-state index contributed by atoms with van der Waals surface area (Å²) in [5, 5.41) is 24.2.